The molecule has 0 saturated carbocycles. The first-order valence-corrected chi connectivity index (χ1v) is 16.2. The van der Waals surface area contributed by atoms with Crippen LogP contribution in [0.3, 0.4) is 0 Å². The Hall–Kier alpha value is -3.15. The monoisotopic (exact) mass is 553 g/mol. The predicted molar refractivity (Wildman–Crippen MR) is 168 cm³/mol. The van der Waals surface area contributed by atoms with Crippen LogP contribution < -0.4 is 10.1 Å². The molecule has 5 heteroatoms. The molecule has 0 aromatic heterocycles. The van der Waals surface area contributed by atoms with E-state index in [1.807, 2.05) is 39.8 Å². The van der Waals surface area contributed by atoms with Gasteiger partial charge in [0.25, 0.3) is 0 Å². The van der Waals surface area contributed by atoms with Gasteiger partial charge in [-0.25, -0.2) is 0 Å². The summed E-state index contributed by atoms with van der Waals surface area (Å²) in [5.41, 5.74) is 7.19. The first-order chi connectivity index (χ1) is 19.2. The highest BCUT2D eigenvalue weighted by atomic mass is 33.1. The highest BCUT2D eigenvalue weighted by molar-refractivity contribution is 8.77. The first-order valence-electron chi connectivity index (χ1n) is 13.8. The van der Waals surface area contributed by atoms with Crippen LogP contribution in [-0.2, 0) is 4.79 Å². The number of benzene rings is 4. The van der Waals surface area contributed by atoms with Crippen molar-refractivity contribution in [3.8, 4) is 39.1 Å². The maximum absolute atomic E-state index is 12.1. The van der Waals surface area contributed by atoms with E-state index in [1.165, 1.54) is 46.4 Å². The molecule has 1 N–H and O–H groups in total. The predicted octanol–water partition coefficient (Wildman–Crippen LogP) is 8.90. The summed E-state index contributed by atoms with van der Waals surface area (Å²) >= 11 is 0. The minimum Gasteiger partial charge on any atom is -0.492 e. The molecule has 1 aliphatic heterocycles. The molecule has 200 valence electrons. The Bertz CT molecular complexity index is 1300. The Kier molecular flexibility index (Phi) is 10.1. The molecule has 0 radical (unpaired) electrons. The van der Waals surface area contributed by atoms with Crippen molar-refractivity contribution in [3.63, 3.8) is 0 Å². The minimum atomic E-state index is 0.123. The van der Waals surface area contributed by atoms with Gasteiger partial charge in [0, 0.05) is 17.4 Å². The SMILES string of the molecule is O=C(CCCCC1CCSS1)NCCOc1ccc(-c2ccc(-c3ccc(-c4ccccc4)cc3)cc2)cc1. The van der Waals surface area contributed by atoms with Gasteiger partial charge < -0.3 is 10.1 Å². The standard InChI is InChI=1S/C34H35NO2S2/c36-34(9-5-4-8-33-22-25-38-39-33)35-23-24-37-32-20-18-31(19-21-32)30-16-14-29(15-17-30)28-12-10-27(11-13-28)26-6-2-1-3-7-26/h1-3,6-7,10-21,33H,4-5,8-9,22-25H2,(H,35,36). The Labute approximate surface area is 240 Å². The van der Waals surface area contributed by atoms with Crippen molar-refractivity contribution in [1.29, 1.82) is 0 Å². The molecule has 0 spiro atoms. The Morgan fingerprint density at radius 1 is 0.718 bits per heavy atom. The third kappa shape index (κ3) is 8.17. The molecular weight excluding hydrogens is 519 g/mol. The molecule has 1 amide bonds. The zero-order chi connectivity index (χ0) is 26.7. The van der Waals surface area contributed by atoms with Gasteiger partial charge in [0.15, 0.2) is 0 Å². The second kappa shape index (κ2) is 14.3. The molecule has 39 heavy (non-hydrogen) atoms. The third-order valence-electron chi connectivity index (χ3n) is 7.00. The van der Waals surface area contributed by atoms with Gasteiger partial charge in [0.2, 0.25) is 5.91 Å². The van der Waals surface area contributed by atoms with Crippen molar-refractivity contribution in [2.75, 3.05) is 18.9 Å². The van der Waals surface area contributed by atoms with E-state index in [9.17, 15) is 4.79 Å². The number of unbranched alkanes of at least 4 members (excludes halogenated alkanes) is 1. The van der Waals surface area contributed by atoms with Gasteiger partial charge in [0.1, 0.15) is 12.4 Å². The molecule has 1 heterocycles. The van der Waals surface area contributed by atoms with Gasteiger partial charge >= 0.3 is 0 Å². The molecule has 0 bridgehead atoms. The van der Waals surface area contributed by atoms with Crippen molar-refractivity contribution in [2.24, 2.45) is 0 Å². The smallest absolute Gasteiger partial charge is 0.220 e. The van der Waals surface area contributed by atoms with Crippen molar-refractivity contribution < 1.29 is 9.53 Å². The summed E-state index contributed by atoms with van der Waals surface area (Å²) in [5.74, 6) is 2.21. The lowest BCUT2D eigenvalue weighted by molar-refractivity contribution is -0.121. The van der Waals surface area contributed by atoms with Gasteiger partial charge in [-0.15, -0.1) is 0 Å². The maximum Gasteiger partial charge on any atom is 0.220 e. The average Bonchev–Trinajstić information content (AvgIpc) is 3.52. The van der Waals surface area contributed by atoms with Gasteiger partial charge in [0.05, 0.1) is 6.54 Å². The number of carbonyl (C=O) groups excluding carboxylic acids is 1. The van der Waals surface area contributed by atoms with Gasteiger partial charge in [-0.3, -0.25) is 4.79 Å². The zero-order valence-corrected chi connectivity index (χ0v) is 23.8. The van der Waals surface area contributed by atoms with E-state index in [1.54, 1.807) is 0 Å². The molecule has 1 saturated heterocycles. The van der Waals surface area contributed by atoms with Gasteiger partial charge in [-0.2, -0.15) is 0 Å². The molecule has 1 fully saturated rings. The molecule has 3 nitrogen and oxygen atoms in total. The second-order valence-corrected chi connectivity index (χ2v) is 12.6. The van der Waals surface area contributed by atoms with E-state index in [0.717, 1.165) is 29.4 Å². The summed E-state index contributed by atoms with van der Waals surface area (Å²) in [5, 5.41) is 3.77. The number of nitrogens with one attached hydrogen (secondary N) is 1. The maximum atomic E-state index is 12.1. The summed E-state index contributed by atoms with van der Waals surface area (Å²) < 4.78 is 5.84. The van der Waals surface area contributed by atoms with Crippen molar-refractivity contribution in [2.45, 2.75) is 37.4 Å². The van der Waals surface area contributed by atoms with E-state index in [-0.39, 0.29) is 5.91 Å². The van der Waals surface area contributed by atoms with Gasteiger partial charge in [-0.05, 0) is 64.8 Å². The second-order valence-electron chi connectivity index (χ2n) is 9.82. The van der Waals surface area contributed by atoms with E-state index >= 15 is 0 Å². The molecule has 4 aromatic carbocycles. The summed E-state index contributed by atoms with van der Waals surface area (Å²) in [7, 11) is 3.99. The summed E-state index contributed by atoms with van der Waals surface area (Å²) in [6.07, 6.45) is 5.27. The van der Waals surface area contributed by atoms with Crippen LogP contribution in [-0.4, -0.2) is 30.1 Å². The Balaban J connectivity index is 1.04. The fourth-order valence-corrected chi connectivity index (χ4v) is 7.78. The molecule has 1 unspecified atom stereocenters. The molecule has 0 aliphatic carbocycles. The van der Waals surface area contributed by atoms with Crippen molar-refractivity contribution in [3.05, 3.63) is 103 Å². The quantitative estimate of drug-likeness (QED) is 0.140. The average molecular weight is 554 g/mol. The van der Waals surface area contributed by atoms with Crippen LogP contribution in [0.15, 0.2) is 103 Å². The molecule has 1 atom stereocenters. The van der Waals surface area contributed by atoms with Crippen LogP contribution in [0, 0.1) is 0 Å². The first kappa shape index (κ1) is 27.4. The van der Waals surface area contributed by atoms with E-state index in [0.29, 0.717) is 19.6 Å². The summed E-state index contributed by atoms with van der Waals surface area (Å²) in [6.45, 7) is 1.00. The number of ether oxygens (including phenoxy) is 1. The van der Waals surface area contributed by atoms with Crippen molar-refractivity contribution in [1.82, 2.24) is 5.32 Å². The lowest BCUT2D eigenvalue weighted by Crippen LogP contribution is -2.27. The normalized spacial score (nSPS) is 14.7. The van der Waals surface area contributed by atoms with Crippen LogP contribution in [0.4, 0.5) is 0 Å². The van der Waals surface area contributed by atoms with E-state index < -0.39 is 0 Å². The lowest BCUT2D eigenvalue weighted by atomic mass is 9.98. The van der Waals surface area contributed by atoms with Crippen molar-refractivity contribution >= 4 is 27.5 Å². The highest BCUT2D eigenvalue weighted by Gasteiger charge is 2.15. The minimum absolute atomic E-state index is 0.123. The van der Waals surface area contributed by atoms with Crippen LogP contribution in [0.2, 0.25) is 0 Å². The summed E-state index contributed by atoms with van der Waals surface area (Å²) in [4.78, 5) is 12.1. The third-order valence-corrected chi connectivity index (χ3v) is 10.0. The van der Waals surface area contributed by atoms with Crippen LogP contribution in [0.25, 0.3) is 33.4 Å². The van der Waals surface area contributed by atoms with Crippen LogP contribution in [0.5, 0.6) is 5.75 Å². The van der Waals surface area contributed by atoms with Gasteiger partial charge in [-0.1, -0.05) is 119 Å². The topological polar surface area (TPSA) is 38.3 Å². The number of rotatable bonds is 12. The number of amides is 1. The van der Waals surface area contributed by atoms with E-state index in [2.05, 4.69) is 90.2 Å². The van der Waals surface area contributed by atoms with E-state index in [4.69, 9.17) is 4.74 Å². The molecular formula is C34H35NO2S2. The Morgan fingerprint density at radius 3 is 1.79 bits per heavy atom. The highest BCUT2D eigenvalue weighted by Crippen LogP contribution is 2.39. The lowest BCUT2D eigenvalue weighted by Gasteiger charge is -2.10. The molecule has 1 aliphatic rings. The Morgan fingerprint density at radius 2 is 1.26 bits per heavy atom. The number of carbonyl (C=O) groups is 1. The fraction of sp³-hybridized carbons (Fsp3) is 0.265. The number of hydrogen-bond acceptors (Lipinski definition) is 4. The fourth-order valence-electron chi connectivity index (χ4n) is 4.75. The number of hydrogen-bond donors (Lipinski definition) is 1. The molecule has 4 aromatic rings. The van der Waals surface area contributed by atoms with Crippen LogP contribution in [0.1, 0.15) is 32.1 Å². The zero-order valence-electron chi connectivity index (χ0n) is 22.2. The summed E-state index contributed by atoms with van der Waals surface area (Å²) in [6, 6.07) is 36.0. The molecule has 5 rings (SSSR count). The largest absolute Gasteiger partial charge is 0.492 e. The van der Waals surface area contributed by atoms with Crippen LogP contribution >= 0.6 is 21.6 Å².